The van der Waals surface area contributed by atoms with Gasteiger partial charge >= 0.3 is 6.09 Å². The van der Waals surface area contributed by atoms with Gasteiger partial charge in [-0.05, 0) is 29.8 Å². The van der Waals surface area contributed by atoms with Crippen molar-refractivity contribution < 1.29 is 14.3 Å². The summed E-state index contributed by atoms with van der Waals surface area (Å²) in [7, 11) is 0. The third-order valence-corrected chi connectivity index (χ3v) is 3.60. The monoisotopic (exact) mass is 331 g/mol. The molecule has 1 aromatic carbocycles. The molecule has 0 unspecified atom stereocenters. The first-order chi connectivity index (χ1) is 11.1. The standard InChI is InChI=1S/C16H14ClN3O3/c17-14-9-12(4-5-18-14)15(21)19-13-3-1-2-11(8-13)10-20-6-7-23-16(20)22/h1-5,8-9H,6-7,10H2,(H,19,21). The molecule has 2 amide bonds. The van der Waals surface area contributed by atoms with Crippen molar-refractivity contribution >= 4 is 29.3 Å². The zero-order valence-corrected chi connectivity index (χ0v) is 12.9. The Kier molecular flexibility index (Phi) is 4.43. The summed E-state index contributed by atoms with van der Waals surface area (Å²) in [4.78, 5) is 29.1. The second-order valence-corrected chi connectivity index (χ2v) is 5.44. The average molecular weight is 332 g/mol. The van der Waals surface area contributed by atoms with E-state index in [2.05, 4.69) is 10.3 Å². The van der Waals surface area contributed by atoms with Crippen LogP contribution in [0.15, 0.2) is 42.6 Å². The molecule has 0 bridgehead atoms. The van der Waals surface area contributed by atoms with E-state index in [9.17, 15) is 9.59 Å². The van der Waals surface area contributed by atoms with Crippen molar-refractivity contribution in [2.45, 2.75) is 6.54 Å². The number of hydrogen-bond acceptors (Lipinski definition) is 4. The number of anilines is 1. The van der Waals surface area contributed by atoms with Gasteiger partial charge in [-0.2, -0.15) is 0 Å². The highest BCUT2D eigenvalue weighted by Crippen LogP contribution is 2.16. The predicted molar refractivity (Wildman–Crippen MR) is 85.4 cm³/mol. The Morgan fingerprint density at radius 3 is 2.96 bits per heavy atom. The molecular weight excluding hydrogens is 318 g/mol. The summed E-state index contributed by atoms with van der Waals surface area (Å²) in [5.74, 6) is -0.271. The van der Waals surface area contributed by atoms with Crippen molar-refractivity contribution in [3.63, 3.8) is 0 Å². The number of pyridine rings is 1. The van der Waals surface area contributed by atoms with Gasteiger partial charge < -0.3 is 15.0 Å². The van der Waals surface area contributed by atoms with Crippen LogP contribution in [0.4, 0.5) is 10.5 Å². The minimum absolute atomic E-state index is 0.263. The molecular formula is C16H14ClN3O3. The van der Waals surface area contributed by atoms with Crippen molar-refractivity contribution in [3.05, 3.63) is 58.9 Å². The van der Waals surface area contributed by atoms with E-state index < -0.39 is 0 Å². The lowest BCUT2D eigenvalue weighted by molar-refractivity contribution is 0.102. The summed E-state index contributed by atoms with van der Waals surface area (Å²) in [5.41, 5.74) is 1.99. The molecule has 2 heterocycles. The van der Waals surface area contributed by atoms with Gasteiger partial charge in [0.15, 0.2) is 0 Å². The molecule has 0 spiro atoms. The number of benzene rings is 1. The van der Waals surface area contributed by atoms with Gasteiger partial charge in [0.1, 0.15) is 11.8 Å². The number of carbonyl (C=O) groups excluding carboxylic acids is 2. The maximum atomic E-state index is 12.2. The molecule has 1 N–H and O–H groups in total. The molecule has 1 saturated heterocycles. The molecule has 0 atom stereocenters. The van der Waals surface area contributed by atoms with Crippen LogP contribution in [-0.4, -0.2) is 35.0 Å². The molecule has 3 rings (SSSR count). The predicted octanol–water partition coefficient (Wildman–Crippen LogP) is 2.94. The van der Waals surface area contributed by atoms with E-state index in [1.54, 1.807) is 17.0 Å². The first-order valence-corrected chi connectivity index (χ1v) is 7.43. The van der Waals surface area contributed by atoms with E-state index >= 15 is 0 Å². The topological polar surface area (TPSA) is 71.5 Å². The lowest BCUT2D eigenvalue weighted by Gasteiger charge is -2.13. The fourth-order valence-electron chi connectivity index (χ4n) is 2.28. The van der Waals surface area contributed by atoms with Crippen LogP contribution >= 0.6 is 11.6 Å². The van der Waals surface area contributed by atoms with E-state index in [1.807, 2.05) is 18.2 Å². The van der Waals surface area contributed by atoms with Gasteiger partial charge in [-0.1, -0.05) is 23.7 Å². The van der Waals surface area contributed by atoms with Gasteiger partial charge in [0.2, 0.25) is 0 Å². The van der Waals surface area contributed by atoms with E-state index in [0.717, 1.165) is 5.56 Å². The quantitative estimate of drug-likeness (QED) is 0.874. The molecule has 1 aromatic heterocycles. The molecule has 2 aromatic rings. The second-order valence-electron chi connectivity index (χ2n) is 5.06. The Labute approximate surface area is 138 Å². The molecule has 0 saturated carbocycles. The number of carbonyl (C=O) groups is 2. The second kappa shape index (κ2) is 6.66. The highest BCUT2D eigenvalue weighted by atomic mass is 35.5. The molecule has 1 fully saturated rings. The summed E-state index contributed by atoms with van der Waals surface area (Å²) >= 11 is 5.79. The van der Waals surface area contributed by atoms with Crippen LogP contribution in [-0.2, 0) is 11.3 Å². The maximum Gasteiger partial charge on any atom is 0.410 e. The van der Waals surface area contributed by atoms with Crippen LogP contribution in [0.3, 0.4) is 0 Å². The highest BCUT2D eigenvalue weighted by Gasteiger charge is 2.21. The number of nitrogens with one attached hydrogen (secondary N) is 1. The number of ether oxygens (including phenoxy) is 1. The number of halogens is 1. The summed E-state index contributed by atoms with van der Waals surface area (Å²) in [6.45, 7) is 1.44. The third kappa shape index (κ3) is 3.78. The van der Waals surface area contributed by atoms with Crippen molar-refractivity contribution in [1.82, 2.24) is 9.88 Å². The number of aromatic nitrogens is 1. The Morgan fingerprint density at radius 2 is 2.22 bits per heavy atom. The molecule has 23 heavy (non-hydrogen) atoms. The van der Waals surface area contributed by atoms with Crippen LogP contribution in [0.2, 0.25) is 5.15 Å². The minimum Gasteiger partial charge on any atom is -0.448 e. The van der Waals surface area contributed by atoms with E-state index in [1.165, 1.54) is 12.3 Å². The Morgan fingerprint density at radius 1 is 1.35 bits per heavy atom. The average Bonchev–Trinajstić information content (AvgIpc) is 2.93. The summed E-state index contributed by atoms with van der Waals surface area (Å²) in [6.07, 6.45) is 1.16. The number of nitrogens with zero attached hydrogens (tertiary/aromatic N) is 2. The number of rotatable bonds is 4. The highest BCUT2D eigenvalue weighted by molar-refractivity contribution is 6.29. The fraction of sp³-hybridized carbons (Fsp3) is 0.188. The van der Waals surface area contributed by atoms with Crippen molar-refractivity contribution in [1.29, 1.82) is 0 Å². The van der Waals surface area contributed by atoms with Crippen molar-refractivity contribution in [3.8, 4) is 0 Å². The SMILES string of the molecule is O=C(Nc1cccc(CN2CCOC2=O)c1)c1ccnc(Cl)c1. The van der Waals surface area contributed by atoms with Gasteiger partial charge in [-0.3, -0.25) is 4.79 Å². The molecule has 118 valence electrons. The van der Waals surface area contributed by atoms with Gasteiger partial charge in [0, 0.05) is 24.0 Å². The molecule has 1 aliphatic heterocycles. The zero-order valence-electron chi connectivity index (χ0n) is 12.2. The Bertz CT molecular complexity index is 751. The molecule has 0 radical (unpaired) electrons. The number of hydrogen-bond donors (Lipinski definition) is 1. The Balaban J connectivity index is 1.70. The van der Waals surface area contributed by atoms with Crippen molar-refractivity contribution in [2.75, 3.05) is 18.5 Å². The molecule has 1 aliphatic rings. The zero-order chi connectivity index (χ0) is 16.2. The molecule has 0 aliphatic carbocycles. The number of cyclic esters (lactones) is 1. The van der Waals surface area contributed by atoms with E-state index in [4.69, 9.17) is 16.3 Å². The summed E-state index contributed by atoms with van der Waals surface area (Å²) in [6, 6.07) is 10.4. The van der Waals surface area contributed by atoms with E-state index in [0.29, 0.717) is 30.9 Å². The van der Waals surface area contributed by atoms with Gasteiger partial charge in [0.25, 0.3) is 5.91 Å². The van der Waals surface area contributed by atoms with Gasteiger partial charge in [0.05, 0.1) is 6.54 Å². The lowest BCUT2D eigenvalue weighted by Crippen LogP contribution is -2.23. The molecule has 6 nitrogen and oxygen atoms in total. The van der Waals surface area contributed by atoms with Crippen LogP contribution < -0.4 is 5.32 Å². The fourth-order valence-corrected chi connectivity index (χ4v) is 2.46. The van der Waals surface area contributed by atoms with Crippen molar-refractivity contribution in [2.24, 2.45) is 0 Å². The first kappa shape index (κ1) is 15.3. The van der Waals surface area contributed by atoms with Gasteiger partial charge in [-0.25, -0.2) is 9.78 Å². The van der Waals surface area contributed by atoms with Gasteiger partial charge in [-0.15, -0.1) is 0 Å². The van der Waals surface area contributed by atoms with Crippen LogP contribution in [0.1, 0.15) is 15.9 Å². The smallest absolute Gasteiger partial charge is 0.410 e. The lowest BCUT2D eigenvalue weighted by atomic mass is 10.1. The minimum atomic E-state index is -0.314. The summed E-state index contributed by atoms with van der Waals surface area (Å²) < 4.78 is 4.90. The number of amides is 2. The van der Waals surface area contributed by atoms with Crippen LogP contribution in [0.25, 0.3) is 0 Å². The molecule has 7 heteroatoms. The maximum absolute atomic E-state index is 12.2. The van der Waals surface area contributed by atoms with Crippen LogP contribution in [0, 0.1) is 0 Å². The first-order valence-electron chi connectivity index (χ1n) is 7.05. The van der Waals surface area contributed by atoms with Crippen LogP contribution in [0.5, 0.6) is 0 Å². The third-order valence-electron chi connectivity index (χ3n) is 3.39. The summed E-state index contributed by atoms with van der Waals surface area (Å²) in [5, 5.41) is 3.06. The largest absolute Gasteiger partial charge is 0.448 e. The van der Waals surface area contributed by atoms with E-state index in [-0.39, 0.29) is 17.2 Å². The normalized spacial score (nSPS) is 13.8. The Hall–Kier alpha value is -2.60.